The number of nitrogens with one attached hydrogen (secondary N) is 2. The maximum Gasteiger partial charge on any atom is 0.191 e. The van der Waals surface area contributed by atoms with Crippen LogP contribution in [0, 0.1) is 5.82 Å². The Kier molecular flexibility index (Phi) is 5.15. The Morgan fingerprint density at radius 2 is 1.84 bits per heavy atom. The Balaban J connectivity index is 1.61. The van der Waals surface area contributed by atoms with Gasteiger partial charge >= 0.3 is 0 Å². The fourth-order valence-electron chi connectivity index (χ4n) is 2.18. The van der Waals surface area contributed by atoms with Crippen LogP contribution in [0.3, 0.4) is 0 Å². The van der Waals surface area contributed by atoms with Crippen LogP contribution in [-0.4, -0.2) is 20.4 Å². The van der Waals surface area contributed by atoms with E-state index in [2.05, 4.69) is 20.8 Å². The Morgan fingerprint density at radius 1 is 1.12 bits per heavy atom. The number of hydrogen-bond donors (Lipinski definition) is 2. The summed E-state index contributed by atoms with van der Waals surface area (Å²) in [5.74, 6) is -0.294. The number of rotatable bonds is 4. The molecule has 0 fully saturated rings. The molecule has 25 heavy (non-hydrogen) atoms. The molecular formula is C18H16FN5S. The van der Waals surface area contributed by atoms with Crippen molar-refractivity contribution in [3.8, 4) is 5.69 Å². The minimum absolute atomic E-state index is 0.294. The topological polar surface area (TPSA) is 54.2 Å². The average Bonchev–Trinajstić information content (AvgIpc) is 3.16. The molecule has 0 radical (unpaired) electrons. The number of anilines is 1. The maximum atomic E-state index is 12.9. The molecule has 0 saturated carbocycles. The van der Waals surface area contributed by atoms with E-state index in [1.165, 1.54) is 12.1 Å². The zero-order valence-corrected chi connectivity index (χ0v) is 14.3. The lowest BCUT2D eigenvalue weighted by molar-refractivity contribution is 0.628. The highest BCUT2D eigenvalue weighted by atomic mass is 32.1. The molecule has 0 saturated heterocycles. The Morgan fingerprint density at radius 3 is 2.48 bits per heavy atom. The summed E-state index contributed by atoms with van der Waals surface area (Å²) in [4.78, 5) is 4.03. The molecule has 0 bridgehead atoms. The molecule has 0 spiro atoms. The first kappa shape index (κ1) is 16.8. The number of hydrazone groups is 1. The molecule has 2 N–H and O–H groups in total. The molecule has 0 aliphatic rings. The Labute approximate surface area is 150 Å². The van der Waals surface area contributed by atoms with Crippen molar-refractivity contribution >= 4 is 28.7 Å². The summed E-state index contributed by atoms with van der Waals surface area (Å²) in [6.45, 7) is 1.89. The summed E-state index contributed by atoms with van der Waals surface area (Å²) in [5, 5.41) is 7.54. The standard InChI is InChI=1S/C18H16FN5S/c1-13(14-2-8-17(9-3-14)24-11-10-20-12-24)22-23-18(25)21-16-6-4-15(19)5-7-16/h2-12H,1H3,(H2,21,23,25)/b22-13-. The Hall–Kier alpha value is -3.06. The van der Waals surface area contributed by atoms with Crippen molar-refractivity contribution in [3.63, 3.8) is 0 Å². The van der Waals surface area contributed by atoms with Crippen LogP contribution in [0.25, 0.3) is 5.69 Å². The second kappa shape index (κ2) is 7.67. The van der Waals surface area contributed by atoms with Crippen molar-refractivity contribution in [2.45, 2.75) is 6.92 Å². The van der Waals surface area contributed by atoms with Crippen molar-refractivity contribution in [2.24, 2.45) is 5.10 Å². The lowest BCUT2D eigenvalue weighted by atomic mass is 10.1. The molecule has 0 aliphatic carbocycles. The lowest BCUT2D eigenvalue weighted by Gasteiger charge is -2.08. The van der Waals surface area contributed by atoms with Crippen LogP contribution in [0.2, 0.25) is 0 Å². The first-order valence-electron chi connectivity index (χ1n) is 7.57. The molecule has 0 aliphatic heterocycles. The van der Waals surface area contributed by atoms with Gasteiger partial charge < -0.3 is 9.88 Å². The summed E-state index contributed by atoms with van der Waals surface area (Å²) in [7, 11) is 0. The van der Waals surface area contributed by atoms with Crippen molar-refractivity contribution < 1.29 is 4.39 Å². The first-order chi connectivity index (χ1) is 12.1. The van der Waals surface area contributed by atoms with Gasteiger partial charge in [0, 0.05) is 23.8 Å². The summed E-state index contributed by atoms with van der Waals surface area (Å²) in [6, 6.07) is 13.9. The van der Waals surface area contributed by atoms with Crippen LogP contribution in [0.5, 0.6) is 0 Å². The molecule has 0 atom stereocenters. The smallest absolute Gasteiger partial charge is 0.191 e. The maximum absolute atomic E-state index is 12.9. The number of halogens is 1. The number of thiocarbonyl (C=S) groups is 1. The SMILES string of the molecule is C/C(=N/NC(=S)Nc1ccc(F)cc1)c1ccc(-n2ccnc2)cc1. The lowest BCUT2D eigenvalue weighted by Crippen LogP contribution is -2.24. The number of hydrogen-bond acceptors (Lipinski definition) is 3. The van der Waals surface area contributed by atoms with Gasteiger partial charge in [-0.2, -0.15) is 5.10 Å². The second-order valence-electron chi connectivity index (χ2n) is 5.29. The van der Waals surface area contributed by atoms with Crippen LogP contribution < -0.4 is 10.7 Å². The van der Waals surface area contributed by atoms with E-state index in [1.54, 1.807) is 24.7 Å². The van der Waals surface area contributed by atoms with Crippen LogP contribution in [0.4, 0.5) is 10.1 Å². The number of imidazole rings is 1. The van der Waals surface area contributed by atoms with Crippen molar-refractivity contribution in [2.75, 3.05) is 5.32 Å². The largest absolute Gasteiger partial charge is 0.331 e. The monoisotopic (exact) mass is 353 g/mol. The van der Waals surface area contributed by atoms with Gasteiger partial charge in [-0.15, -0.1) is 0 Å². The van der Waals surface area contributed by atoms with Crippen LogP contribution in [-0.2, 0) is 0 Å². The molecule has 126 valence electrons. The van der Waals surface area contributed by atoms with Crippen LogP contribution in [0.15, 0.2) is 72.4 Å². The molecule has 7 heteroatoms. The predicted molar refractivity (Wildman–Crippen MR) is 102 cm³/mol. The fourth-order valence-corrected chi connectivity index (χ4v) is 2.34. The molecule has 3 aromatic rings. The van der Waals surface area contributed by atoms with E-state index < -0.39 is 0 Å². The summed E-state index contributed by atoms with van der Waals surface area (Å²) in [6.07, 6.45) is 5.37. The van der Waals surface area contributed by atoms with Gasteiger partial charge in [0.15, 0.2) is 5.11 Å². The zero-order chi connectivity index (χ0) is 17.6. The Bertz CT molecular complexity index is 871. The normalized spacial score (nSPS) is 11.2. The van der Waals surface area contributed by atoms with Crippen molar-refractivity contribution in [1.29, 1.82) is 0 Å². The van der Waals surface area contributed by atoms with Gasteiger partial charge in [-0.3, -0.25) is 5.43 Å². The van der Waals surface area contributed by atoms with Gasteiger partial charge in [0.1, 0.15) is 5.82 Å². The van der Waals surface area contributed by atoms with E-state index in [4.69, 9.17) is 12.2 Å². The van der Waals surface area contributed by atoms with Gasteiger partial charge in [0.2, 0.25) is 0 Å². The molecule has 0 amide bonds. The van der Waals surface area contributed by atoms with E-state index >= 15 is 0 Å². The first-order valence-corrected chi connectivity index (χ1v) is 7.98. The zero-order valence-electron chi connectivity index (χ0n) is 13.5. The highest BCUT2D eigenvalue weighted by molar-refractivity contribution is 7.80. The number of benzene rings is 2. The van der Waals surface area contributed by atoms with Gasteiger partial charge in [0.05, 0.1) is 12.0 Å². The van der Waals surface area contributed by atoms with E-state index in [0.717, 1.165) is 17.0 Å². The number of nitrogens with zero attached hydrogens (tertiary/aromatic N) is 3. The van der Waals surface area contributed by atoms with Crippen molar-refractivity contribution in [1.82, 2.24) is 15.0 Å². The van der Waals surface area contributed by atoms with E-state index in [0.29, 0.717) is 10.8 Å². The third-order valence-corrected chi connectivity index (χ3v) is 3.71. The average molecular weight is 353 g/mol. The van der Waals surface area contributed by atoms with Gasteiger partial charge in [-0.05, 0) is 61.1 Å². The second-order valence-corrected chi connectivity index (χ2v) is 5.70. The minimum Gasteiger partial charge on any atom is -0.331 e. The fraction of sp³-hybridized carbons (Fsp3) is 0.0556. The van der Waals surface area contributed by atoms with Gasteiger partial charge in [-0.1, -0.05) is 12.1 Å². The highest BCUT2D eigenvalue weighted by Crippen LogP contribution is 2.10. The molecule has 1 heterocycles. The van der Waals surface area contributed by atoms with E-state index in [1.807, 2.05) is 42.0 Å². The molecular weight excluding hydrogens is 337 g/mol. The van der Waals surface area contributed by atoms with E-state index in [9.17, 15) is 4.39 Å². The third-order valence-electron chi connectivity index (χ3n) is 3.51. The third kappa shape index (κ3) is 4.48. The van der Waals surface area contributed by atoms with Crippen LogP contribution >= 0.6 is 12.2 Å². The molecule has 3 rings (SSSR count). The quantitative estimate of drug-likeness (QED) is 0.426. The molecule has 5 nitrogen and oxygen atoms in total. The van der Waals surface area contributed by atoms with Gasteiger partial charge in [-0.25, -0.2) is 9.37 Å². The van der Waals surface area contributed by atoms with Crippen molar-refractivity contribution in [3.05, 3.63) is 78.6 Å². The van der Waals surface area contributed by atoms with Crippen LogP contribution in [0.1, 0.15) is 12.5 Å². The van der Waals surface area contributed by atoms with E-state index in [-0.39, 0.29) is 5.82 Å². The minimum atomic E-state index is -0.294. The molecule has 0 unspecified atom stereocenters. The molecule has 1 aromatic heterocycles. The summed E-state index contributed by atoms with van der Waals surface area (Å²) < 4.78 is 14.8. The predicted octanol–water partition coefficient (Wildman–Crippen LogP) is 3.72. The van der Waals surface area contributed by atoms with Gasteiger partial charge in [0.25, 0.3) is 0 Å². The summed E-state index contributed by atoms with van der Waals surface area (Å²) in [5.41, 5.74) is 6.27. The molecule has 2 aromatic carbocycles. The number of aromatic nitrogens is 2. The highest BCUT2D eigenvalue weighted by Gasteiger charge is 2.01. The summed E-state index contributed by atoms with van der Waals surface area (Å²) >= 11 is 5.18.